The molecule has 0 bridgehead atoms. The number of aromatic hydroxyl groups is 4. The van der Waals surface area contributed by atoms with Gasteiger partial charge in [0.25, 0.3) is 0 Å². The molecule has 0 aliphatic carbocycles. The molecule has 1 aliphatic rings. The molecule has 0 spiro atoms. The first-order chi connectivity index (χ1) is 16.0. The Morgan fingerprint density at radius 1 is 0.882 bits per heavy atom. The molecule has 13 nitrogen and oxygen atoms in total. The molecule has 0 amide bonds. The molecule has 34 heavy (non-hydrogen) atoms. The largest absolute Gasteiger partial charge is 0.504 e. The van der Waals surface area contributed by atoms with E-state index < -0.39 is 76.2 Å². The summed E-state index contributed by atoms with van der Waals surface area (Å²) in [6.45, 7) is 0. The molecule has 0 saturated carbocycles. The Balaban J connectivity index is 1.78. The third kappa shape index (κ3) is 3.82. The van der Waals surface area contributed by atoms with Crippen molar-refractivity contribution >= 4 is 16.9 Å². The van der Waals surface area contributed by atoms with Gasteiger partial charge in [0.2, 0.25) is 12.0 Å². The monoisotopic (exact) mass is 478 g/mol. The SMILES string of the molecule is O=C(O)[C@@H]1O[C@H](Oc2cc3oc(-c4ccc(O)c(O)c4)cc(=O)c3c(O)c2O)[C@@H](O)[C@H](O)[C@H]1O. The van der Waals surface area contributed by atoms with Crippen LogP contribution in [0.25, 0.3) is 22.3 Å². The summed E-state index contributed by atoms with van der Waals surface area (Å²) in [5, 5.41) is 78.3. The average molecular weight is 478 g/mol. The normalized spacial score (nSPS) is 24.7. The van der Waals surface area contributed by atoms with Crippen molar-refractivity contribution < 1.29 is 59.5 Å². The van der Waals surface area contributed by atoms with Gasteiger partial charge in [0, 0.05) is 17.7 Å². The summed E-state index contributed by atoms with van der Waals surface area (Å²) >= 11 is 0. The minimum atomic E-state index is -1.98. The lowest BCUT2D eigenvalue weighted by molar-refractivity contribution is -0.271. The first kappa shape index (κ1) is 23.1. The zero-order valence-electron chi connectivity index (χ0n) is 16.9. The van der Waals surface area contributed by atoms with Gasteiger partial charge in [-0.3, -0.25) is 4.79 Å². The fourth-order valence-electron chi connectivity index (χ4n) is 3.45. The van der Waals surface area contributed by atoms with Crippen LogP contribution in [0.5, 0.6) is 28.7 Å². The molecule has 2 aromatic carbocycles. The minimum Gasteiger partial charge on any atom is -0.504 e. The molecule has 3 aromatic rings. The maximum atomic E-state index is 12.6. The van der Waals surface area contributed by atoms with Crippen LogP contribution in [0.4, 0.5) is 0 Å². The maximum Gasteiger partial charge on any atom is 0.335 e. The molecule has 1 aromatic heterocycles. The van der Waals surface area contributed by atoms with E-state index in [0.29, 0.717) is 0 Å². The lowest BCUT2D eigenvalue weighted by Crippen LogP contribution is -2.61. The molecule has 1 saturated heterocycles. The molecular formula is C21H18O13. The van der Waals surface area contributed by atoms with Crippen molar-refractivity contribution in [3.05, 3.63) is 40.6 Å². The standard InChI is InChI=1S/C21H18O13/c22-7-2-1-6(3-8(7)23)10-4-9(24)13-11(32-10)5-12(14(25)15(13)26)33-21-18(29)16(27)17(28)19(34-21)20(30)31/h1-5,16-19,21-23,25-29H,(H,30,31)/t16-,17-,18+,19-,21+/m1/s1. The third-order valence-electron chi connectivity index (χ3n) is 5.25. The van der Waals surface area contributed by atoms with Crippen LogP contribution < -0.4 is 10.2 Å². The number of benzene rings is 2. The lowest BCUT2D eigenvalue weighted by Gasteiger charge is -2.38. The first-order valence-corrected chi connectivity index (χ1v) is 9.64. The van der Waals surface area contributed by atoms with E-state index in [2.05, 4.69) is 0 Å². The van der Waals surface area contributed by atoms with E-state index >= 15 is 0 Å². The van der Waals surface area contributed by atoms with Crippen LogP contribution in [0, 0.1) is 0 Å². The predicted octanol–water partition coefficient (Wildman–Crippen LogP) is -0.447. The maximum absolute atomic E-state index is 12.6. The summed E-state index contributed by atoms with van der Waals surface area (Å²) in [5.74, 6) is -5.21. The molecular weight excluding hydrogens is 460 g/mol. The number of ether oxygens (including phenoxy) is 2. The average Bonchev–Trinajstić information content (AvgIpc) is 2.78. The number of aliphatic hydroxyl groups is 3. The van der Waals surface area contributed by atoms with Crippen LogP contribution in [-0.4, -0.2) is 77.5 Å². The summed E-state index contributed by atoms with van der Waals surface area (Å²) in [7, 11) is 0. The Morgan fingerprint density at radius 3 is 2.24 bits per heavy atom. The van der Waals surface area contributed by atoms with Crippen molar-refractivity contribution in [3.63, 3.8) is 0 Å². The van der Waals surface area contributed by atoms with Gasteiger partial charge in [-0.25, -0.2) is 4.79 Å². The molecule has 180 valence electrons. The summed E-state index contributed by atoms with van der Waals surface area (Å²) in [4.78, 5) is 23.8. The molecule has 0 unspecified atom stereocenters. The van der Waals surface area contributed by atoms with Gasteiger partial charge in [0.15, 0.2) is 34.5 Å². The highest BCUT2D eigenvalue weighted by atomic mass is 16.7. The van der Waals surface area contributed by atoms with Crippen molar-refractivity contribution in [1.82, 2.24) is 0 Å². The Morgan fingerprint density at radius 2 is 1.59 bits per heavy atom. The number of aliphatic hydroxyl groups excluding tert-OH is 3. The number of phenols is 4. The van der Waals surface area contributed by atoms with Gasteiger partial charge in [-0.05, 0) is 18.2 Å². The van der Waals surface area contributed by atoms with Crippen LogP contribution in [-0.2, 0) is 9.53 Å². The highest BCUT2D eigenvalue weighted by molar-refractivity contribution is 5.89. The third-order valence-corrected chi connectivity index (χ3v) is 5.25. The number of aliphatic carboxylic acids is 1. The number of carboxylic acid groups (broad SMARTS) is 1. The van der Waals surface area contributed by atoms with E-state index in [-0.39, 0.29) is 16.9 Å². The highest BCUT2D eigenvalue weighted by Crippen LogP contribution is 2.43. The zero-order chi connectivity index (χ0) is 24.9. The minimum absolute atomic E-state index is 0.0951. The van der Waals surface area contributed by atoms with E-state index in [0.717, 1.165) is 24.3 Å². The Hall–Kier alpha value is -4.04. The molecule has 1 aliphatic heterocycles. The predicted molar refractivity (Wildman–Crippen MR) is 110 cm³/mol. The van der Waals surface area contributed by atoms with Crippen LogP contribution in [0.1, 0.15) is 0 Å². The second-order valence-corrected chi connectivity index (χ2v) is 7.48. The number of fused-ring (bicyclic) bond motifs is 1. The van der Waals surface area contributed by atoms with Crippen LogP contribution in [0.3, 0.4) is 0 Å². The number of rotatable bonds is 4. The number of hydrogen-bond acceptors (Lipinski definition) is 12. The van der Waals surface area contributed by atoms with Gasteiger partial charge in [-0.15, -0.1) is 0 Å². The quantitative estimate of drug-likeness (QED) is 0.223. The molecule has 8 N–H and O–H groups in total. The van der Waals surface area contributed by atoms with E-state index in [1.54, 1.807) is 0 Å². The Bertz CT molecular complexity index is 1330. The first-order valence-electron chi connectivity index (χ1n) is 9.64. The van der Waals surface area contributed by atoms with E-state index in [1.807, 2.05) is 0 Å². The van der Waals surface area contributed by atoms with Gasteiger partial charge in [0.1, 0.15) is 35.0 Å². The summed E-state index contributed by atoms with van der Waals surface area (Å²) in [6, 6.07) is 5.51. The van der Waals surface area contributed by atoms with E-state index in [4.69, 9.17) is 19.0 Å². The van der Waals surface area contributed by atoms with Crippen LogP contribution >= 0.6 is 0 Å². The van der Waals surface area contributed by atoms with Gasteiger partial charge in [-0.2, -0.15) is 0 Å². The fourth-order valence-corrected chi connectivity index (χ4v) is 3.45. The van der Waals surface area contributed by atoms with Crippen LogP contribution in [0.2, 0.25) is 0 Å². The number of carboxylic acids is 1. The van der Waals surface area contributed by atoms with Crippen molar-refractivity contribution in [2.75, 3.05) is 0 Å². The topological polar surface area (TPSA) is 228 Å². The molecule has 13 heteroatoms. The van der Waals surface area contributed by atoms with Crippen molar-refractivity contribution in [3.8, 4) is 40.1 Å². The van der Waals surface area contributed by atoms with Crippen molar-refractivity contribution in [2.24, 2.45) is 0 Å². The van der Waals surface area contributed by atoms with Gasteiger partial charge >= 0.3 is 5.97 Å². The summed E-state index contributed by atoms with van der Waals surface area (Å²) in [6.07, 6.45) is -9.81. The second-order valence-electron chi connectivity index (χ2n) is 7.48. The lowest BCUT2D eigenvalue weighted by atomic mass is 9.99. The van der Waals surface area contributed by atoms with Gasteiger partial charge in [-0.1, -0.05) is 0 Å². The highest BCUT2D eigenvalue weighted by Gasteiger charge is 2.48. The smallest absolute Gasteiger partial charge is 0.335 e. The van der Waals surface area contributed by atoms with Gasteiger partial charge < -0.3 is 54.7 Å². The summed E-state index contributed by atoms with van der Waals surface area (Å²) < 4.78 is 15.8. The Kier molecular flexibility index (Phi) is 5.70. The molecule has 5 atom stereocenters. The number of carbonyl (C=O) groups is 1. The molecule has 4 rings (SSSR count). The second kappa shape index (κ2) is 8.39. The number of hydrogen-bond donors (Lipinski definition) is 8. The van der Waals surface area contributed by atoms with Crippen molar-refractivity contribution in [1.29, 1.82) is 0 Å². The fraction of sp³-hybridized carbons (Fsp3) is 0.238. The van der Waals surface area contributed by atoms with Crippen LogP contribution in [0.15, 0.2) is 39.5 Å². The zero-order valence-corrected chi connectivity index (χ0v) is 16.9. The van der Waals surface area contributed by atoms with Crippen molar-refractivity contribution in [2.45, 2.75) is 30.7 Å². The van der Waals surface area contributed by atoms with E-state index in [9.17, 15) is 45.3 Å². The number of phenolic OH excluding ortho intramolecular Hbond substituents is 4. The summed E-state index contributed by atoms with van der Waals surface area (Å²) in [5.41, 5.74) is -0.931. The van der Waals surface area contributed by atoms with E-state index in [1.165, 1.54) is 6.07 Å². The molecule has 0 radical (unpaired) electrons. The Labute approximate surface area is 188 Å². The molecule has 2 heterocycles. The molecule has 1 fully saturated rings. The van der Waals surface area contributed by atoms with Gasteiger partial charge in [0.05, 0.1) is 0 Å².